The van der Waals surface area contributed by atoms with E-state index < -0.39 is 18.6 Å². The number of phenolic OH excluding ortho intramolecular Hbond substituents is 1. The molecule has 0 bridgehead atoms. The summed E-state index contributed by atoms with van der Waals surface area (Å²) in [5.41, 5.74) is 0.340. The van der Waals surface area contributed by atoms with Crippen molar-refractivity contribution in [2.24, 2.45) is 0 Å². The SMILES string of the molecule is Cl.OCC(F)(F)[C@@H](c1cc(Br)c(O)c(Br)c1)N1CCNCC1. The number of aliphatic hydroxyl groups is 1. The molecule has 1 aliphatic heterocycles. The Kier molecular flexibility index (Phi) is 7.48. The van der Waals surface area contributed by atoms with Crippen LogP contribution in [0.5, 0.6) is 5.75 Å². The van der Waals surface area contributed by atoms with Crippen LogP contribution in [0.25, 0.3) is 0 Å². The van der Waals surface area contributed by atoms with E-state index in [0.717, 1.165) is 0 Å². The van der Waals surface area contributed by atoms with Crippen LogP contribution >= 0.6 is 44.3 Å². The van der Waals surface area contributed by atoms with Gasteiger partial charge in [-0.3, -0.25) is 4.90 Å². The first-order valence-electron chi connectivity index (χ1n) is 6.48. The van der Waals surface area contributed by atoms with Gasteiger partial charge in [0.15, 0.2) is 0 Å². The number of rotatable bonds is 4. The third-order valence-electron chi connectivity index (χ3n) is 3.48. The fourth-order valence-electron chi connectivity index (χ4n) is 2.49. The highest BCUT2D eigenvalue weighted by atomic mass is 79.9. The van der Waals surface area contributed by atoms with Crippen molar-refractivity contribution in [2.75, 3.05) is 32.8 Å². The quantitative estimate of drug-likeness (QED) is 0.639. The highest BCUT2D eigenvalue weighted by molar-refractivity contribution is 9.11. The highest BCUT2D eigenvalue weighted by Crippen LogP contribution is 2.41. The number of phenols is 1. The summed E-state index contributed by atoms with van der Waals surface area (Å²) in [5, 5.41) is 21.9. The van der Waals surface area contributed by atoms with Gasteiger partial charge in [0.05, 0.1) is 8.95 Å². The molecule has 1 aromatic carbocycles. The lowest BCUT2D eigenvalue weighted by Gasteiger charge is -2.39. The van der Waals surface area contributed by atoms with Crippen LogP contribution in [0.3, 0.4) is 0 Å². The molecule has 2 rings (SSSR count). The van der Waals surface area contributed by atoms with Crippen molar-refractivity contribution in [1.29, 1.82) is 0 Å². The zero-order valence-corrected chi connectivity index (χ0v) is 15.5. The predicted octanol–water partition coefficient (Wildman–Crippen LogP) is 2.91. The normalized spacial score (nSPS) is 17.9. The van der Waals surface area contributed by atoms with Gasteiger partial charge in [-0.1, -0.05) is 0 Å². The van der Waals surface area contributed by atoms with Crippen LogP contribution in [0.1, 0.15) is 11.6 Å². The first-order valence-corrected chi connectivity index (χ1v) is 8.07. The van der Waals surface area contributed by atoms with Gasteiger partial charge in [0.25, 0.3) is 5.92 Å². The van der Waals surface area contributed by atoms with Gasteiger partial charge >= 0.3 is 0 Å². The van der Waals surface area contributed by atoms with Gasteiger partial charge in [-0.15, -0.1) is 12.4 Å². The average molecular weight is 467 g/mol. The number of alkyl halides is 2. The van der Waals surface area contributed by atoms with E-state index in [1.165, 1.54) is 12.1 Å². The molecule has 0 amide bonds. The number of benzene rings is 1. The van der Waals surface area contributed by atoms with Crippen molar-refractivity contribution < 1.29 is 19.0 Å². The standard InChI is InChI=1S/C13H16Br2F2N2O2.ClH/c14-9-5-8(6-10(15)11(9)21)12(13(16,17)7-20)19-3-1-18-2-4-19;/h5-6,12,18,20-21H,1-4,7H2;1H/t12-;/m1./s1. The maximum absolute atomic E-state index is 14.2. The van der Waals surface area contributed by atoms with Gasteiger partial charge in [0.2, 0.25) is 0 Å². The first-order chi connectivity index (χ1) is 9.86. The molecule has 1 aliphatic rings. The number of nitrogens with zero attached hydrogens (tertiary/aromatic N) is 1. The molecular weight excluding hydrogens is 449 g/mol. The second-order valence-corrected chi connectivity index (χ2v) is 6.65. The molecule has 0 aromatic heterocycles. The number of halogens is 5. The number of aromatic hydroxyl groups is 1. The molecule has 0 aliphatic carbocycles. The highest BCUT2D eigenvalue weighted by Gasteiger charge is 2.44. The Labute approximate surface area is 150 Å². The molecule has 3 N–H and O–H groups in total. The van der Waals surface area contributed by atoms with Crippen LogP contribution in [-0.2, 0) is 0 Å². The van der Waals surface area contributed by atoms with Crippen molar-refractivity contribution >= 4 is 44.3 Å². The van der Waals surface area contributed by atoms with Crippen LogP contribution in [0.15, 0.2) is 21.1 Å². The second kappa shape index (κ2) is 8.21. The van der Waals surface area contributed by atoms with Crippen molar-refractivity contribution in [3.8, 4) is 5.75 Å². The lowest BCUT2D eigenvalue weighted by molar-refractivity contribution is -0.118. The second-order valence-electron chi connectivity index (χ2n) is 4.94. The van der Waals surface area contributed by atoms with E-state index in [4.69, 9.17) is 5.11 Å². The third-order valence-corrected chi connectivity index (χ3v) is 4.69. The molecule has 126 valence electrons. The molecule has 0 saturated carbocycles. The summed E-state index contributed by atoms with van der Waals surface area (Å²) in [7, 11) is 0. The minimum absolute atomic E-state index is 0. The van der Waals surface area contributed by atoms with Crippen LogP contribution in [0, 0.1) is 0 Å². The molecule has 22 heavy (non-hydrogen) atoms. The molecule has 0 spiro atoms. The number of aliphatic hydroxyl groups excluding tert-OH is 1. The van der Waals surface area contributed by atoms with Crippen LogP contribution in [-0.4, -0.2) is 53.8 Å². The van der Waals surface area contributed by atoms with Gasteiger partial charge in [-0.25, -0.2) is 8.78 Å². The minimum Gasteiger partial charge on any atom is -0.506 e. The molecule has 1 saturated heterocycles. The summed E-state index contributed by atoms with van der Waals surface area (Å²) >= 11 is 6.32. The average Bonchev–Trinajstić information content (AvgIpc) is 2.46. The fraction of sp³-hybridized carbons (Fsp3) is 0.538. The molecule has 9 heteroatoms. The van der Waals surface area contributed by atoms with E-state index in [-0.39, 0.29) is 18.2 Å². The molecule has 1 fully saturated rings. The first kappa shape index (κ1) is 20.1. The van der Waals surface area contributed by atoms with Gasteiger partial charge in [-0.05, 0) is 49.6 Å². The third kappa shape index (κ3) is 4.30. The maximum atomic E-state index is 14.2. The summed E-state index contributed by atoms with van der Waals surface area (Å²) in [6.45, 7) is 0.960. The molecule has 4 nitrogen and oxygen atoms in total. The maximum Gasteiger partial charge on any atom is 0.289 e. The molecule has 1 atom stereocenters. The number of hydrogen-bond acceptors (Lipinski definition) is 4. The largest absolute Gasteiger partial charge is 0.506 e. The zero-order chi connectivity index (χ0) is 15.6. The van der Waals surface area contributed by atoms with E-state index >= 15 is 0 Å². The van der Waals surface area contributed by atoms with E-state index in [1.807, 2.05) is 0 Å². The van der Waals surface area contributed by atoms with Crippen LogP contribution in [0.4, 0.5) is 8.78 Å². The van der Waals surface area contributed by atoms with E-state index in [9.17, 15) is 13.9 Å². The Morgan fingerprint density at radius 1 is 1.23 bits per heavy atom. The Morgan fingerprint density at radius 2 is 1.73 bits per heavy atom. The number of nitrogens with one attached hydrogen (secondary N) is 1. The smallest absolute Gasteiger partial charge is 0.289 e. The van der Waals surface area contributed by atoms with Gasteiger partial charge < -0.3 is 15.5 Å². The van der Waals surface area contributed by atoms with Crippen molar-refractivity contribution in [2.45, 2.75) is 12.0 Å². The summed E-state index contributed by atoms with van der Waals surface area (Å²) in [5.74, 6) is -3.31. The van der Waals surface area contributed by atoms with Gasteiger partial charge in [-0.2, -0.15) is 0 Å². The Bertz CT molecular complexity index is 494. The van der Waals surface area contributed by atoms with Crippen molar-refractivity contribution in [1.82, 2.24) is 10.2 Å². The molecule has 0 unspecified atom stereocenters. The van der Waals surface area contributed by atoms with E-state index in [1.54, 1.807) is 4.90 Å². The summed E-state index contributed by atoms with van der Waals surface area (Å²) in [6.07, 6.45) is 0. The van der Waals surface area contributed by atoms with E-state index in [0.29, 0.717) is 40.7 Å². The number of hydrogen-bond donors (Lipinski definition) is 3. The summed E-state index contributed by atoms with van der Waals surface area (Å²) in [6, 6.07) is 1.70. The van der Waals surface area contributed by atoms with Crippen molar-refractivity contribution in [3.05, 3.63) is 26.6 Å². The molecule has 1 aromatic rings. The summed E-state index contributed by atoms with van der Waals surface area (Å²) in [4.78, 5) is 1.65. The predicted molar refractivity (Wildman–Crippen MR) is 90.0 cm³/mol. The Hall–Kier alpha value is 0.01000. The lowest BCUT2D eigenvalue weighted by Crippen LogP contribution is -2.51. The monoisotopic (exact) mass is 464 g/mol. The topological polar surface area (TPSA) is 55.7 Å². The summed E-state index contributed by atoms with van der Waals surface area (Å²) < 4.78 is 29.2. The van der Waals surface area contributed by atoms with E-state index in [2.05, 4.69) is 37.2 Å². The van der Waals surface area contributed by atoms with Crippen LogP contribution < -0.4 is 5.32 Å². The Morgan fingerprint density at radius 3 is 2.18 bits per heavy atom. The van der Waals surface area contributed by atoms with Gasteiger partial charge in [0, 0.05) is 26.2 Å². The van der Waals surface area contributed by atoms with Crippen LogP contribution in [0.2, 0.25) is 0 Å². The Balaban J connectivity index is 0.00000242. The minimum atomic E-state index is -3.27. The van der Waals surface area contributed by atoms with Crippen molar-refractivity contribution in [3.63, 3.8) is 0 Å². The fourth-order valence-corrected chi connectivity index (χ4v) is 3.71. The zero-order valence-electron chi connectivity index (χ0n) is 11.5. The lowest BCUT2D eigenvalue weighted by atomic mass is 9.98. The van der Waals surface area contributed by atoms with Gasteiger partial charge in [0.1, 0.15) is 18.4 Å². The molecule has 0 radical (unpaired) electrons. The molecule has 1 heterocycles. The molecular formula is C13H17Br2ClF2N2O2. The number of piperazine rings is 1.